The largest absolute Gasteiger partial charge is 0.481 e. The smallest absolute Gasteiger partial charge is 0.305 e. The summed E-state index contributed by atoms with van der Waals surface area (Å²) < 4.78 is 27.1. The molecule has 0 radical (unpaired) electrons. The molecule has 0 unspecified atom stereocenters. The van der Waals surface area contributed by atoms with Crippen LogP contribution in [0, 0.1) is 0 Å². The Hall–Kier alpha value is -1.94. The Morgan fingerprint density at radius 3 is 2.76 bits per heavy atom. The van der Waals surface area contributed by atoms with Crippen LogP contribution in [0.25, 0.3) is 0 Å². The molecule has 9 nitrogen and oxygen atoms in total. The Kier molecular flexibility index (Phi) is 4.28. The van der Waals surface area contributed by atoms with Crippen molar-refractivity contribution in [1.29, 1.82) is 0 Å². The molecule has 10 heteroatoms. The second-order valence-corrected chi connectivity index (χ2v) is 6.67. The molecule has 0 bridgehead atoms. The molecule has 116 valence electrons. The molecule has 1 amide bonds. The van der Waals surface area contributed by atoms with Crippen molar-refractivity contribution in [2.24, 2.45) is 0 Å². The van der Waals surface area contributed by atoms with Gasteiger partial charge in [0.2, 0.25) is 15.9 Å². The van der Waals surface area contributed by atoms with Gasteiger partial charge in [-0.3, -0.25) is 14.3 Å². The van der Waals surface area contributed by atoms with Crippen molar-refractivity contribution in [3.05, 3.63) is 12.4 Å². The summed E-state index contributed by atoms with van der Waals surface area (Å²) in [5.41, 5.74) is 0. The molecule has 0 aliphatic carbocycles. The number of rotatable bonds is 5. The van der Waals surface area contributed by atoms with E-state index in [1.54, 1.807) is 7.05 Å². The Morgan fingerprint density at radius 2 is 2.14 bits per heavy atom. The topological polar surface area (TPSA) is 113 Å². The Labute approximate surface area is 121 Å². The summed E-state index contributed by atoms with van der Waals surface area (Å²) in [6.45, 7) is 0.460. The molecule has 1 aromatic heterocycles. The molecule has 2 rings (SSSR count). The quantitative estimate of drug-likeness (QED) is 0.731. The molecular weight excluding hydrogens is 300 g/mol. The number of carboxylic acid groups (broad SMARTS) is 1. The molecule has 0 atom stereocenters. The van der Waals surface area contributed by atoms with Crippen LogP contribution in [0.2, 0.25) is 0 Å². The van der Waals surface area contributed by atoms with Crippen LogP contribution in [0.4, 0.5) is 0 Å². The van der Waals surface area contributed by atoms with E-state index in [1.807, 2.05) is 0 Å². The highest BCUT2D eigenvalue weighted by Crippen LogP contribution is 2.17. The number of hydrogen-bond donors (Lipinski definition) is 1. The average molecular weight is 316 g/mol. The third kappa shape index (κ3) is 3.39. The van der Waals surface area contributed by atoms with E-state index in [1.165, 1.54) is 22.0 Å². The number of hydrogen-bond acceptors (Lipinski definition) is 5. The van der Waals surface area contributed by atoms with Gasteiger partial charge in [-0.1, -0.05) is 0 Å². The number of piperazine rings is 1. The Morgan fingerprint density at radius 1 is 1.43 bits per heavy atom. The van der Waals surface area contributed by atoms with E-state index in [2.05, 4.69) is 5.10 Å². The van der Waals surface area contributed by atoms with Gasteiger partial charge in [0.15, 0.2) is 0 Å². The summed E-state index contributed by atoms with van der Waals surface area (Å²) in [7, 11) is -2.16. The lowest BCUT2D eigenvalue weighted by molar-refractivity contribution is -0.137. The summed E-state index contributed by atoms with van der Waals surface area (Å²) in [5, 5.41) is 12.4. The maximum absolute atomic E-state index is 12.4. The van der Waals surface area contributed by atoms with E-state index in [9.17, 15) is 18.0 Å². The first-order valence-electron chi connectivity index (χ1n) is 6.29. The first-order valence-corrected chi connectivity index (χ1v) is 7.73. The van der Waals surface area contributed by atoms with E-state index in [0.29, 0.717) is 6.54 Å². The van der Waals surface area contributed by atoms with Gasteiger partial charge < -0.3 is 10.0 Å². The average Bonchev–Trinajstić information content (AvgIpc) is 2.89. The van der Waals surface area contributed by atoms with Gasteiger partial charge in [0.1, 0.15) is 4.90 Å². The zero-order valence-electron chi connectivity index (χ0n) is 11.5. The number of carbonyl (C=O) groups is 2. The number of aliphatic carboxylic acids is 1. The van der Waals surface area contributed by atoms with Gasteiger partial charge in [0.25, 0.3) is 0 Å². The van der Waals surface area contributed by atoms with Crippen LogP contribution in [0.1, 0.15) is 6.42 Å². The number of aryl methyl sites for hydroxylation is 1. The summed E-state index contributed by atoms with van der Waals surface area (Å²) in [5.74, 6) is -1.25. The maximum atomic E-state index is 12.4. The summed E-state index contributed by atoms with van der Waals surface area (Å²) in [6.07, 6.45) is 2.30. The maximum Gasteiger partial charge on any atom is 0.305 e. The van der Waals surface area contributed by atoms with Gasteiger partial charge >= 0.3 is 5.97 Å². The van der Waals surface area contributed by atoms with Crippen LogP contribution < -0.4 is 0 Å². The van der Waals surface area contributed by atoms with Gasteiger partial charge in [-0.25, -0.2) is 8.42 Å². The Balaban J connectivity index is 2.13. The van der Waals surface area contributed by atoms with Crippen molar-refractivity contribution < 1.29 is 23.1 Å². The van der Waals surface area contributed by atoms with Gasteiger partial charge in [-0.15, -0.1) is 0 Å². The second-order valence-electron chi connectivity index (χ2n) is 4.74. The zero-order chi connectivity index (χ0) is 15.6. The van der Waals surface area contributed by atoms with Crippen LogP contribution in [0.3, 0.4) is 0 Å². The number of likely N-dealkylation sites (N-methyl/N-ethyl adjacent to an activating group) is 1. The minimum absolute atomic E-state index is 0.0368. The summed E-state index contributed by atoms with van der Waals surface area (Å²) in [6, 6.07) is 0. The zero-order valence-corrected chi connectivity index (χ0v) is 12.3. The number of amides is 1. The molecule has 2 heterocycles. The molecule has 1 aliphatic heterocycles. The highest BCUT2D eigenvalue weighted by molar-refractivity contribution is 7.89. The van der Waals surface area contributed by atoms with E-state index < -0.39 is 16.0 Å². The number of nitrogens with zero attached hydrogens (tertiary/aromatic N) is 4. The first kappa shape index (κ1) is 15.4. The fraction of sp³-hybridized carbons (Fsp3) is 0.545. The number of carboxylic acids is 1. The molecule has 1 aliphatic rings. The molecule has 1 saturated heterocycles. The second kappa shape index (κ2) is 5.82. The summed E-state index contributed by atoms with van der Waals surface area (Å²) >= 11 is 0. The van der Waals surface area contributed by atoms with E-state index >= 15 is 0 Å². The fourth-order valence-electron chi connectivity index (χ4n) is 1.90. The van der Waals surface area contributed by atoms with Crippen molar-refractivity contribution in [3.63, 3.8) is 0 Å². The number of aromatic nitrogens is 2. The summed E-state index contributed by atoms with van der Waals surface area (Å²) in [4.78, 5) is 23.5. The van der Waals surface area contributed by atoms with Gasteiger partial charge in [0.05, 0.1) is 25.7 Å². The molecule has 0 aromatic carbocycles. The molecule has 0 spiro atoms. The highest BCUT2D eigenvalue weighted by Gasteiger charge is 2.32. The standard InChI is InChI=1S/C11H16N4O5S/c1-13-4-5-15(8-10(13)16)21(19,20)9-6-12-14(7-9)3-2-11(17)18/h6-7H,2-5,8H2,1H3,(H,17,18). The first-order chi connectivity index (χ1) is 9.80. The molecule has 1 aromatic rings. The van der Waals surface area contributed by atoms with E-state index in [-0.39, 0.29) is 36.9 Å². The lowest BCUT2D eigenvalue weighted by Crippen LogP contribution is -2.50. The molecule has 0 saturated carbocycles. The van der Waals surface area contributed by atoms with Crippen LogP contribution in [0.15, 0.2) is 17.3 Å². The van der Waals surface area contributed by atoms with Gasteiger partial charge in [0, 0.05) is 26.3 Å². The van der Waals surface area contributed by atoms with Crippen molar-refractivity contribution in [3.8, 4) is 0 Å². The van der Waals surface area contributed by atoms with E-state index in [4.69, 9.17) is 5.11 Å². The molecular formula is C11H16N4O5S. The number of sulfonamides is 1. The van der Waals surface area contributed by atoms with E-state index in [0.717, 1.165) is 4.31 Å². The lowest BCUT2D eigenvalue weighted by atomic mass is 10.4. The third-order valence-corrected chi connectivity index (χ3v) is 5.02. The van der Waals surface area contributed by atoms with Crippen molar-refractivity contribution in [1.82, 2.24) is 19.0 Å². The van der Waals surface area contributed by atoms with Crippen molar-refractivity contribution in [2.75, 3.05) is 26.7 Å². The van der Waals surface area contributed by atoms with Crippen LogP contribution >= 0.6 is 0 Å². The lowest BCUT2D eigenvalue weighted by Gasteiger charge is -2.30. The van der Waals surface area contributed by atoms with Crippen LogP contribution in [0.5, 0.6) is 0 Å². The van der Waals surface area contributed by atoms with Gasteiger partial charge in [-0.2, -0.15) is 9.40 Å². The highest BCUT2D eigenvalue weighted by atomic mass is 32.2. The molecule has 1 N–H and O–H groups in total. The van der Waals surface area contributed by atoms with Crippen LogP contribution in [-0.4, -0.2) is 71.1 Å². The Bertz CT molecular complexity index is 653. The van der Waals surface area contributed by atoms with Crippen LogP contribution in [-0.2, 0) is 26.2 Å². The predicted molar refractivity (Wildman–Crippen MR) is 70.9 cm³/mol. The minimum Gasteiger partial charge on any atom is -0.481 e. The predicted octanol–water partition coefficient (Wildman–Crippen LogP) is -1.18. The van der Waals surface area contributed by atoms with Crippen molar-refractivity contribution >= 4 is 21.9 Å². The van der Waals surface area contributed by atoms with Crippen molar-refractivity contribution in [2.45, 2.75) is 17.9 Å². The number of carbonyl (C=O) groups excluding carboxylic acids is 1. The SMILES string of the molecule is CN1CCN(S(=O)(=O)c2cnn(CCC(=O)O)c2)CC1=O. The fourth-order valence-corrected chi connectivity index (χ4v) is 3.24. The normalized spacial score (nSPS) is 17.2. The molecule has 1 fully saturated rings. The monoisotopic (exact) mass is 316 g/mol. The third-order valence-electron chi connectivity index (χ3n) is 3.22. The molecule has 21 heavy (non-hydrogen) atoms. The minimum atomic E-state index is -3.78. The van der Waals surface area contributed by atoms with Gasteiger partial charge in [-0.05, 0) is 0 Å².